The lowest BCUT2D eigenvalue weighted by Crippen LogP contribution is -2.23. The predicted octanol–water partition coefficient (Wildman–Crippen LogP) is 4.00. The van der Waals surface area contributed by atoms with Crippen LogP contribution in [0.4, 0.5) is 17.1 Å². The fourth-order valence-electron chi connectivity index (χ4n) is 2.61. The van der Waals surface area contributed by atoms with E-state index in [0.717, 1.165) is 5.75 Å². The minimum Gasteiger partial charge on any atom is -0.497 e. The Hall–Kier alpha value is -3.80. The number of hydrogen-bond donors (Lipinski definition) is 3. The van der Waals surface area contributed by atoms with Gasteiger partial charge in [0.05, 0.1) is 19.2 Å². The molecule has 0 aliphatic heterocycles. The molecule has 3 N–H and O–H groups in total. The van der Waals surface area contributed by atoms with Crippen molar-refractivity contribution >= 4 is 28.9 Å². The number of methoxy groups -OCH3 is 1. The first kappa shape index (κ1) is 19.0. The smallest absolute Gasteiger partial charge is 0.257 e. The molecule has 3 aromatic carbocycles. The van der Waals surface area contributed by atoms with E-state index in [1.165, 1.54) is 0 Å². The topological polar surface area (TPSA) is 79.5 Å². The Morgan fingerprint density at radius 1 is 0.786 bits per heavy atom. The van der Waals surface area contributed by atoms with Crippen molar-refractivity contribution in [2.75, 3.05) is 29.6 Å². The number of carbonyl (C=O) groups is 2. The molecular weight excluding hydrogens is 354 g/mol. The molecule has 0 atom stereocenters. The van der Waals surface area contributed by atoms with E-state index >= 15 is 0 Å². The Morgan fingerprint density at radius 3 is 2.14 bits per heavy atom. The number of ether oxygens (including phenoxy) is 1. The average molecular weight is 375 g/mol. The molecule has 0 unspecified atom stereocenters. The van der Waals surface area contributed by atoms with Gasteiger partial charge in [-0.1, -0.05) is 30.3 Å². The predicted molar refractivity (Wildman–Crippen MR) is 111 cm³/mol. The van der Waals surface area contributed by atoms with Crippen LogP contribution in [0.1, 0.15) is 10.4 Å². The Bertz CT molecular complexity index is 941. The monoisotopic (exact) mass is 375 g/mol. The highest BCUT2D eigenvalue weighted by molar-refractivity contribution is 6.08. The van der Waals surface area contributed by atoms with Gasteiger partial charge >= 0.3 is 0 Å². The van der Waals surface area contributed by atoms with Crippen LogP contribution in [-0.4, -0.2) is 25.5 Å². The quantitative estimate of drug-likeness (QED) is 0.583. The van der Waals surface area contributed by atoms with Gasteiger partial charge in [0.15, 0.2) is 0 Å². The molecule has 3 rings (SSSR count). The van der Waals surface area contributed by atoms with E-state index in [-0.39, 0.29) is 18.4 Å². The van der Waals surface area contributed by atoms with Gasteiger partial charge in [-0.05, 0) is 48.5 Å². The molecule has 0 saturated carbocycles. The van der Waals surface area contributed by atoms with Gasteiger partial charge in [-0.3, -0.25) is 9.59 Å². The summed E-state index contributed by atoms with van der Waals surface area (Å²) < 4.78 is 5.09. The zero-order valence-electron chi connectivity index (χ0n) is 15.4. The molecule has 0 radical (unpaired) electrons. The summed E-state index contributed by atoms with van der Waals surface area (Å²) in [5, 5.41) is 8.66. The number of benzene rings is 3. The van der Waals surface area contributed by atoms with Gasteiger partial charge in [0.2, 0.25) is 5.91 Å². The highest BCUT2D eigenvalue weighted by Gasteiger charge is 2.12. The van der Waals surface area contributed by atoms with Crippen molar-refractivity contribution in [3.63, 3.8) is 0 Å². The lowest BCUT2D eigenvalue weighted by Gasteiger charge is -2.12. The van der Waals surface area contributed by atoms with Crippen LogP contribution in [0.15, 0.2) is 78.9 Å². The Labute approximate surface area is 163 Å². The minimum absolute atomic E-state index is 0.0294. The molecular formula is C22H21N3O3. The number of anilines is 3. The molecule has 2 amide bonds. The second kappa shape index (κ2) is 9.23. The standard InChI is InChI=1S/C22H21N3O3/c1-28-18-13-11-17(12-14-18)24-21(26)15-23-20-10-6-5-9-19(20)22(27)25-16-7-3-2-4-8-16/h2-14,23H,15H2,1H3,(H,24,26)(H,25,27). The third kappa shape index (κ3) is 5.11. The van der Waals surface area contributed by atoms with Gasteiger partial charge in [0.25, 0.3) is 5.91 Å². The normalized spacial score (nSPS) is 10.0. The molecule has 0 aliphatic rings. The molecule has 3 aromatic rings. The summed E-state index contributed by atoms with van der Waals surface area (Å²) >= 11 is 0. The lowest BCUT2D eigenvalue weighted by molar-refractivity contribution is -0.114. The summed E-state index contributed by atoms with van der Waals surface area (Å²) in [5.74, 6) is 0.253. The molecule has 0 spiro atoms. The lowest BCUT2D eigenvalue weighted by atomic mass is 10.1. The van der Waals surface area contributed by atoms with Crippen LogP contribution in [-0.2, 0) is 4.79 Å². The van der Waals surface area contributed by atoms with Gasteiger partial charge in [0, 0.05) is 17.1 Å². The van der Waals surface area contributed by atoms with Crippen LogP contribution >= 0.6 is 0 Å². The van der Waals surface area contributed by atoms with Crippen LogP contribution in [0.5, 0.6) is 5.75 Å². The van der Waals surface area contributed by atoms with E-state index < -0.39 is 0 Å². The first-order chi connectivity index (χ1) is 13.7. The largest absolute Gasteiger partial charge is 0.497 e. The molecule has 28 heavy (non-hydrogen) atoms. The Kier molecular flexibility index (Phi) is 6.25. The van der Waals surface area contributed by atoms with E-state index in [1.54, 1.807) is 49.6 Å². The fourth-order valence-corrected chi connectivity index (χ4v) is 2.61. The first-order valence-corrected chi connectivity index (χ1v) is 8.79. The Morgan fingerprint density at radius 2 is 1.43 bits per heavy atom. The van der Waals surface area contributed by atoms with Crippen molar-refractivity contribution in [1.82, 2.24) is 0 Å². The van der Waals surface area contributed by atoms with E-state index in [9.17, 15) is 9.59 Å². The van der Waals surface area contributed by atoms with Crippen LogP contribution in [0, 0.1) is 0 Å². The van der Waals surface area contributed by atoms with Crippen molar-refractivity contribution in [1.29, 1.82) is 0 Å². The van der Waals surface area contributed by atoms with Crippen molar-refractivity contribution in [2.24, 2.45) is 0 Å². The molecule has 142 valence electrons. The van der Waals surface area contributed by atoms with Crippen molar-refractivity contribution < 1.29 is 14.3 Å². The maximum atomic E-state index is 12.6. The highest BCUT2D eigenvalue weighted by atomic mass is 16.5. The molecule has 0 aromatic heterocycles. The molecule has 0 aliphatic carbocycles. The molecule has 0 saturated heterocycles. The van der Waals surface area contributed by atoms with Gasteiger partial charge < -0.3 is 20.7 Å². The first-order valence-electron chi connectivity index (χ1n) is 8.79. The fraction of sp³-hybridized carbons (Fsp3) is 0.0909. The third-order valence-electron chi connectivity index (χ3n) is 4.02. The van der Waals surface area contributed by atoms with Crippen LogP contribution < -0.4 is 20.7 Å². The van der Waals surface area contributed by atoms with Crippen LogP contribution in [0.2, 0.25) is 0 Å². The van der Waals surface area contributed by atoms with Crippen LogP contribution in [0.25, 0.3) is 0 Å². The number of para-hydroxylation sites is 2. The zero-order chi connectivity index (χ0) is 19.8. The van der Waals surface area contributed by atoms with Crippen molar-refractivity contribution in [3.8, 4) is 5.75 Å². The van der Waals surface area contributed by atoms with E-state index in [2.05, 4.69) is 16.0 Å². The van der Waals surface area contributed by atoms with Crippen LogP contribution in [0.3, 0.4) is 0 Å². The summed E-state index contributed by atoms with van der Waals surface area (Å²) in [6.45, 7) is 0.0294. The maximum absolute atomic E-state index is 12.6. The number of rotatable bonds is 7. The van der Waals surface area contributed by atoms with E-state index in [0.29, 0.717) is 22.6 Å². The van der Waals surface area contributed by atoms with Crippen molar-refractivity contribution in [3.05, 3.63) is 84.4 Å². The van der Waals surface area contributed by atoms with Gasteiger partial charge in [-0.25, -0.2) is 0 Å². The third-order valence-corrected chi connectivity index (χ3v) is 4.02. The second-order valence-electron chi connectivity index (χ2n) is 6.00. The number of amides is 2. The molecule has 0 heterocycles. The number of carbonyl (C=O) groups excluding carboxylic acids is 2. The summed E-state index contributed by atoms with van der Waals surface area (Å²) in [5.41, 5.74) is 2.42. The summed E-state index contributed by atoms with van der Waals surface area (Å²) in [6.07, 6.45) is 0. The summed E-state index contributed by atoms with van der Waals surface area (Å²) in [4.78, 5) is 24.8. The molecule has 6 heteroatoms. The van der Waals surface area contributed by atoms with Gasteiger partial charge in [0.1, 0.15) is 5.75 Å². The van der Waals surface area contributed by atoms with E-state index in [1.807, 2.05) is 36.4 Å². The highest BCUT2D eigenvalue weighted by Crippen LogP contribution is 2.18. The average Bonchev–Trinajstić information content (AvgIpc) is 2.74. The molecule has 0 fully saturated rings. The zero-order valence-corrected chi connectivity index (χ0v) is 15.4. The maximum Gasteiger partial charge on any atom is 0.257 e. The van der Waals surface area contributed by atoms with Crippen molar-refractivity contribution in [2.45, 2.75) is 0 Å². The minimum atomic E-state index is -0.245. The van der Waals surface area contributed by atoms with Gasteiger partial charge in [-0.15, -0.1) is 0 Å². The summed E-state index contributed by atoms with van der Waals surface area (Å²) in [6, 6.07) is 23.3. The van der Waals surface area contributed by atoms with E-state index in [4.69, 9.17) is 4.74 Å². The van der Waals surface area contributed by atoms with Gasteiger partial charge in [-0.2, -0.15) is 0 Å². The SMILES string of the molecule is COc1ccc(NC(=O)CNc2ccccc2C(=O)Nc2ccccc2)cc1. The molecule has 6 nitrogen and oxygen atoms in total. The Balaban J connectivity index is 1.61. The number of hydrogen-bond acceptors (Lipinski definition) is 4. The summed E-state index contributed by atoms with van der Waals surface area (Å²) in [7, 11) is 1.59. The second-order valence-corrected chi connectivity index (χ2v) is 6.00. The molecule has 0 bridgehead atoms. The number of nitrogens with one attached hydrogen (secondary N) is 3.